The van der Waals surface area contributed by atoms with E-state index in [1.54, 1.807) is 10.6 Å². The molecule has 0 atom stereocenters. The number of ketones is 1. The van der Waals surface area contributed by atoms with Crippen LogP contribution in [0, 0.1) is 0 Å². The number of carbonyl (C=O) groups excluding carboxylic acids is 1. The van der Waals surface area contributed by atoms with E-state index >= 15 is 0 Å². The van der Waals surface area contributed by atoms with Crippen LogP contribution in [0.15, 0.2) is 58.1 Å². The summed E-state index contributed by atoms with van der Waals surface area (Å²) in [4.78, 5) is 38.4. The lowest BCUT2D eigenvalue weighted by Gasteiger charge is -2.25. The molecule has 0 bridgehead atoms. The molecular weight excluding hydrogens is 364 g/mol. The average Bonchev–Trinajstić information content (AvgIpc) is 2.77. The van der Waals surface area contributed by atoms with Gasteiger partial charge in [0.1, 0.15) is 0 Å². The van der Waals surface area contributed by atoms with Gasteiger partial charge >= 0.3 is 5.69 Å². The van der Waals surface area contributed by atoms with Crippen LogP contribution in [-0.2, 0) is 6.54 Å². The number of aromatic nitrogens is 2. The van der Waals surface area contributed by atoms with Crippen LogP contribution in [0.3, 0.4) is 0 Å². The van der Waals surface area contributed by atoms with Gasteiger partial charge in [-0.05, 0) is 30.5 Å². The van der Waals surface area contributed by atoms with Crippen molar-refractivity contribution in [1.82, 2.24) is 9.13 Å². The summed E-state index contributed by atoms with van der Waals surface area (Å²) >= 11 is 0. The standard InChI is InChI=1S/C24H26N2O3/c1-2-22(27)18-14-12-17(13-15-18)16-25-21-11-7-6-10-20(21)23(28)26(24(25)29)19-8-4-3-5-9-19/h6-7,10-15,19H,2-5,8-9,16H2,1H3. The van der Waals surface area contributed by atoms with Crippen molar-refractivity contribution >= 4 is 16.7 Å². The van der Waals surface area contributed by atoms with Crippen molar-refractivity contribution in [2.75, 3.05) is 0 Å². The lowest BCUT2D eigenvalue weighted by Crippen LogP contribution is -2.43. The Morgan fingerprint density at radius 1 is 0.966 bits per heavy atom. The van der Waals surface area contributed by atoms with E-state index in [1.807, 2.05) is 49.4 Å². The number of hydrogen-bond acceptors (Lipinski definition) is 3. The quantitative estimate of drug-likeness (QED) is 0.610. The molecule has 29 heavy (non-hydrogen) atoms. The van der Waals surface area contributed by atoms with Gasteiger partial charge in [0.15, 0.2) is 5.78 Å². The number of fused-ring (bicyclic) bond motifs is 1. The summed E-state index contributed by atoms with van der Waals surface area (Å²) in [6.07, 6.45) is 5.49. The van der Waals surface area contributed by atoms with Crippen LogP contribution in [0.1, 0.15) is 67.4 Å². The van der Waals surface area contributed by atoms with Crippen molar-refractivity contribution in [2.45, 2.75) is 58.0 Å². The number of para-hydroxylation sites is 1. The van der Waals surface area contributed by atoms with Gasteiger partial charge in [0.2, 0.25) is 0 Å². The SMILES string of the molecule is CCC(=O)c1ccc(Cn2c(=O)n(C3CCCCC3)c(=O)c3ccccc32)cc1. The van der Waals surface area contributed by atoms with Gasteiger partial charge in [-0.2, -0.15) is 0 Å². The third kappa shape index (κ3) is 3.69. The van der Waals surface area contributed by atoms with Gasteiger partial charge in [-0.1, -0.05) is 62.6 Å². The molecule has 150 valence electrons. The first-order valence-corrected chi connectivity index (χ1v) is 10.5. The number of benzene rings is 2. The highest BCUT2D eigenvalue weighted by atomic mass is 16.2. The van der Waals surface area contributed by atoms with Crippen molar-refractivity contribution in [3.8, 4) is 0 Å². The zero-order valence-electron chi connectivity index (χ0n) is 16.8. The molecule has 1 aliphatic rings. The first-order valence-electron chi connectivity index (χ1n) is 10.5. The molecule has 2 aromatic carbocycles. The maximum Gasteiger partial charge on any atom is 0.332 e. The van der Waals surface area contributed by atoms with Gasteiger partial charge in [0, 0.05) is 18.0 Å². The van der Waals surface area contributed by atoms with Crippen LogP contribution in [-0.4, -0.2) is 14.9 Å². The Kier molecular flexibility index (Phi) is 5.47. The lowest BCUT2D eigenvalue weighted by atomic mass is 9.95. The maximum absolute atomic E-state index is 13.4. The Bertz CT molecular complexity index is 1150. The molecule has 5 heteroatoms. The molecular formula is C24H26N2O3. The fraction of sp³-hybridized carbons (Fsp3) is 0.375. The molecule has 0 spiro atoms. The largest absolute Gasteiger partial charge is 0.332 e. The second-order valence-corrected chi connectivity index (χ2v) is 7.83. The highest BCUT2D eigenvalue weighted by molar-refractivity contribution is 5.95. The van der Waals surface area contributed by atoms with E-state index in [2.05, 4.69) is 0 Å². The van der Waals surface area contributed by atoms with Gasteiger partial charge in [-0.3, -0.25) is 18.7 Å². The molecule has 0 radical (unpaired) electrons. The molecule has 1 fully saturated rings. The van der Waals surface area contributed by atoms with Crippen molar-refractivity contribution in [1.29, 1.82) is 0 Å². The van der Waals surface area contributed by atoms with Crippen LogP contribution < -0.4 is 11.2 Å². The minimum Gasteiger partial charge on any atom is -0.294 e. The van der Waals surface area contributed by atoms with Gasteiger partial charge in [-0.25, -0.2) is 4.79 Å². The predicted molar refractivity (Wildman–Crippen MR) is 115 cm³/mol. The summed E-state index contributed by atoms with van der Waals surface area (Å²) in [7, 11) is 0. The van der Waals surface area contributed by atoms with Crippen LogP contribution in [0.2, 0.25) is 0 Å². The smallest absolute Gasteiger partial charge is 0.294 e. The zero-order chi connectivity index (χ0) is 20.4. The summed E-state index contributed by atoms with van der Waals surface area (Å²) in [6, 6.07) is 14.7. The summed E-state index contributed by atoms with van der Waals surface area (Å²) < 4.78 is 3.18. The van der Waals surface area contributed by atoms with E-state index in [1.165, 1.54) is 4.57 Å². The van der Waals surface area contributed by atoms with E-state index in [0.29, 0.717) is 29.4 Å². The first kappa shape index (κ1) is 19.4. The third-order valence-corrected chi connectivity index (χ3v) is 5.96. The van der Waals surface area contributed by atoms with Crippen LogP contribution >= 0.6 is 0 Å². The molecule has 4 rings (SSSR count). The topological polar surface area (TPSA) is 61.1 Å². The van der Waals surface area contributed by atoms with Gasteiger partial charge in [0.25, 0.3) is 5.56 Å². The molecule has 1 aliphatic carbocycles. The molecule has 5 nitrogen and oxygen atoms in total. The summed E-state index contributed by atoms with van der Waals surface area (Å²) in [5, 5.41) is 0.579. The summed E-state index contributed by atoms with van der Waals surface area (Å²) in [5.74, 6) is 0.102. The van der Waals surface area contributed by atoms with Crippen molar-refractivity contribution in [3.05, 3.63) is 80.5 Å². The highest BCUT2D eigenvalue weighted by Gasteiger charge is 2.22. The number of carbonyl (C=O) groups is 1. The Labute approximate surface area is 169 Å². The second-order valence-electron chi connectivity index (χ2n) is 7.83. The number of hydrogen-bond donors (Lipinski definition) is 0. The van der Waals surface area contributed by atoms with Crippen molar-refractivity contribution < 1.29 is 4.79 Å². The molecule has 0 unspecified atom stereocenters. The van der Waals surface area contributed by atoms with Crippen LogP contribution in [0.4, 0.5) is 0 Å². The molecule has 0 amide bonds. The van der Waals surface area contributed by atoms with Crippen molar-refractivity contribution in [3.63, 3.8) is 0 Å². The van der Waals surface area contributed by atoms with Crippen LogP contribution in [0.5, 0.6) is 0 Å². The van der Waals surface area contributed by atoms with Gasteiger partial charge in [-0.15, -0.1) is 0 Å². The Morgan fingerprint density at radius 3 is 2.34 bits per heavy atom. The Balaban J connectivity index is 1.82. The summed E-state index contributed by atoms with van der Waals surface area (Å²) in [6.45, 7) is 2.21. The maximum atomic E-state index is 13.4. The molecule has 0 aliphatic heterocycles. The minimum atomic E-state index is -0.241. The Morgan fingerprint density at radius 2 is 1.66 bits per heavy atom. The minimum absolute atomic E-state index is 0.0239. The summed E-state index contributed by atoms with van der Waals surface area (Å²) in [5.41, 5.74) is 1.84. The lowest BCUT2D eigenvalue weighted by molar-refractivity contribution is 0.0988. The number of Topliss-reactive ketones (excluding diaryl/α,β-unsaturated/α-hetero) is 1. The first-order chi connectivity index (χ1) is 14.1. The van der Waals surface area contributed by atoms with Crippen LogP contribution in [0.25, 0.3) is 10.9 Å². The van der Waals surface area contributed by atoms with E-state index in [9.17, 15) is 14.4 Å². The van der Waals surface area contributed by atoms with E-state index in [-0.39, 0.29) is 23.1 Å². The van der Waals surface area contributed by atoms with E-state index in [0.717, 1.165) is 37.7 Å². The molecule has 1 saturated carbocycles. The molecule has 0 N–H and O–H groups in total. The highest BCUT2D eigenvalue weighted by Crippen LogP contribution is 2.26. The van der Waals surface area contributed by atoms with E-state index < -0.39 is 0 Å². The Hall–Kier alpha value is -2.95. The second kappa shape index (κ2) is 8.19. The fourth-order valence-corrected chi connectivity index (χ4v) is 4.34. The van der Waals surface area contributed by atoms with Gasteiger partial charge in [0.05, 0.1) is 17.4 Å². The fourth-order valence-electron chi connectivity index (χ4n) is 4.34. The number of nitrogens with zero attached hydrogens (tertiary/aromatic N) is 2. The number of rotatable bonds is 5. The average molecular weight is 390 g/mol. The van der Waals surface area contributed by atoms with Gasteiger partial charge < -0.3 is 0 Å². The third-order valence-electron chi connectivity index (χ3n) is 5.96. The molecule has 0 saturated heterocycles. The molecule has 1 aromatic heterocycles. The zero-order valence-corrected chi connectivity index (χ0v) is 16.8. The van der Waals surface area contributed by atoms with Crippen molar-refractivity contribution in [2.24, 2.45) is 0 Å². The molecule has 3 aromatic rings. The normalized spacial score (nSPS) is 14.9. The monoisotopic (exact) mass is 390 g/mol. The molecule has 1 heterocycles. The predicted octanol–water partition coefficient (Wildman–Crippen LogP) is 4.31. The van der Waals surface area contributed by atoms with E-state index in [4.69, 9.17) is 0 Å².